The average Bonchev–Trinajstić information content (AvgIpc) is 2.49. The van der Waals surface area contributed by atoms with E-state index in [0.29, 0.717) is 5.56 Å². The van der Waals surface area contributed by atoms with Crippen LogP contribution in [0.1, 0.15) is 34.8 Å². The number of hydrogen-bond acceptors (Lipinski definition) is 3. The van der Waals surface area contributed by atoms with Gasteiger partial charge in [-0.1, -0.05) is 31.5 Å². The predicted molar refractivity (Wildman–Crippen MR) is 87.4 cm³/mol. The summed E-state index contributed by atoms with van der Waals surface area (Å²) < 4.78 is 0. The molecule has 4 nitrogen and oxygen atoms in total. The fourth-order valence-corrected chi connectivity index (χ4v) is 2.33. The second kappa shape index (κ2) is 6.90. The monoisotopic (exact) mass is 283 g/mol. The molecular formula is C17H21N3O. The molecule has 0 saturated carbocycles. The van der Waals surface area contributed by atoms with Crippen LogP contribution in [0.5, 0.6) is 0 Å². The summed E-state index contributed by atoms with van der Waals surface area (Å²) in [5.41, 5.74) is 6.94. The lowest BCUT2D eigenvalue weighted by atomic mass is 10.1. The minimum Gasteiger partial charge on any atom is -0.324 e. The number of nitrogens with one attached hydrogen (secondary N) is 2. The number of carbonyl (C=O) groups is 1. The van der Waals surface area contributed by atoms with E-state index in [1.54, 1.807) is 12.1 Å². The number of carbonyl (C=O) groups excluding carboxylic acids is 1. The van der Waals surface area contributed by atoms with Crippen molar-refractivity contribution in [3.8, 4) is 0 Å². The third-order valence-corrected chi connectivity index (χ3v) is 3.42. The van der Waals surface area contributed by atoms with E-state index in [1.807, 2.05) is 37.3 Å². The van der Waals surface area contributed by atoms with Crippen molar-refractivity contribution in [3.05, 3.63) is 59.2 Å². The van der Waals surface area contributed by atoms with Gasteiger partial charge in [0.15, 0.2) is 0 Å². The lowest BCUT2D eigenvalue weighted by molar-refractivity contribution is 0.102. The number of anilines is 2. The summed E-state index contributed by atoms with van der Waals surface area (Å²) in [4.78, 5) is 12.4. The molecule has 0 unspecified atom stereocenters. The van der Waals surface area contributed by atoms with Gasteiger partial charge >= 0.3 is 0 Å². The van der Waals surface area contributed by atoms with Crippen molar-refractivity contribution >= 4 is 17.3 Å². The minimum atomic E-state index is -0.0976. The van der Waals surface area contributed by atoms with E-state index in [-0.39, 0.29) is 5.91 Å². The molecule has 0 heterocycles. The molecule has 4 N–H and O–H groups in total. The number of rotatable bonds is 5. The second-order valence-electron chi connectivity index (χ2n) is 5.04. The first kappa shape index (κ1) is 15.1. The minimum absolute atomic E-state index is 0.0976. The Hall–Kier alpha value is -2.33. The lowest BCUT2D eigenvalue weighted by Crippen LogP contribution is -2.15. The number of para-hydroxylation sites is 1. The maximum absolute atomic E-state index is 12.4. The number of nitrogen functional groups attached to an aromatic ring is 1. The molecule has 2 aromatic carbocycles. The molecule has 0 atom stereocenters. The third-order valence-electron chi connectivity index (χ3n) is 3.42. The first-order chi connectivity index (χ1) is 10.2. The third kappa shape index (κ3) is 3.61. The van der Waals surface area contributed by atoms with Crippen molar-refractivity contribution in [2.45, 2.75) is 26.7 Å². The Kier molecular flexibility index (Phi) is 4.95. The molecular weight excluding hydrogens is 262 g/mol. The summed E-state index contributed by atoms with van der Waals surface area (Å²) in [5, 5.41) is 3.00. The van der Waals surface area contributed by atoms with Crippen molar-refractivity contribution in [1.29, 1.82) is 0 Å². The largest absolute Gasteiger partial charge is 0.324 e. The zero-order chi connectivity index (χ0) is 15.2. The van der Waals surface area contributed by atoms with Crippen LogP contribution < -0.4 is 16.6 Å². The maximum Gasteiger partial charge on any atom is 0.255 e. The van der Waals surface area contributed by atoms with E-state index in [2.05, 4.69) is 17.7 Å². The van der Waals surface area contributed by atoms with E-state index < -0.39 is 0 Å². The summed E-state index contributed by atoms with van der Waals surface area (Å²) >= 11 is 0. The Bertz CT molecular complexity index is 638. The zero-order valence-electron chi connectivity index (χ0n) is 12.4. The van der Waals surface area contributed by atoms with Gasteiger partial charge in [0, 0.05) is 16.9 Å². The van der Waals surface area contributed by atoms with E-state index in [1.165, 1.54) is 0 Å². The van der Waals surface area contributed by atoms with E-state index in [9.17, 15) is 4.79 Å². The molecule has 0 radical (unpaired) electrons. The van der Waals surface area contributed by atoms with Gasteiger partial charge in [0.1, 0.15) is 0 Å². The molecule has 0 spiro atoms. The molecule has 0 bridgehead atoms. The molecule has 4 heteroatoms. The highest BCUT2D eigenvalue weighted by Gasteiger charge is 2.11. The molecule has 0 aliphatic rings. The quantitative estimate of drug-likeness (QED) is 0.581. The Morgan fingerprint density at radius 2 is 1.95 bits per heavy atom. The SMILES string of the molecule is CCCc1ccccc1NC(=O)c1ccc(NN)cc1C. The first-order valence-corrected chi connectivity index (χ1v) is 7.12. The highest BCUT2D eigenvalue weighted by atomic mass is 16.1. The molecule has 0 aliphatic carbocycles. The second-order valence-corrected chi connectivity index (χ2v) is 5.04. The van der Waals surface area contributed by atoms with Gasteiger partial charge in [0.05, 0.1) is 0 Å². The highest BCUT2D eigenvalue weighted by molar-refractivity contribution is 6.05. The van der Waals surface area contributed by atoms with Crippen LogP contribution in [0.15, 0.2) is 42.5 Å². The van der Waals surface area contributed by atoms with Crippen molar-refractivity contribution < 1.29 is 4.79 Å². The van der Waals surface area contributed by atoms with Crippen LogP contribution in [-0.2, 0) is 6.42 Å². The predicted octanol–water partition coefficient (Wildman–Crippen LogP) is 3.49. The number of nitrogens with two attached hydrogens (primary N) is 1. The van der Waals surface area contributed by atoms with E-state index >= 15 is 0 Å². The Morgan fingerprint density at radius 1 is 1.19 bits per heavy atom. The molecule has 0 aliphatic heterocycles. The summed E-state index contributed by atoms with van der Waals surface area (Å²) in [7, 11) is 0. The Labute approximate surface area is 125 Å². The van der Waals surface area contributed by atoms with Crippen LogP contribution in [0.3, 0.4) is 0 Å². The molecule has 1 amide bonds. The fourth-order valence-electron chi connectivity index (χ4n) is 2.33. The van der Waals surface area contributed by atoms with Gasteiger partial charge in [0.2, 0.25) is 0 Å². The normalized spacial score (nSPS) is 10.2. The molecule has 0 saturated heterocycles. The summed E-state index contributed by atoms with van der Waals surface area (Å²) in [5.74, 6) is 5.27. The fraction of sp³-hybridized carbons (Fsp3) is 0.235. The smallest absolute Gasteiger partial charge is 0.255 e. The van der Waals surface area contributed by atoms with Gasteiger partial charge in [-0.3, -0.25) is 10.6 Å². The van der Waals surface area contributed by atoms with Gasteiger partial charge in [-0.25, -0.2) is 0 Å². The summed E-state index contributed by atoms with van der Waals surface area (Å²) in [6.45, 7) is 4.02. The number of benzene rings is 2. The molecule has 0 aromatic heterocycles. The van der Waals surface area contributed by atoms with Crippen molar-refractivity contribution in [1.82, 2.24) is 0 Å². The van der Waals surface area contributed by atoms with Crippen LogP contribution in [0, 0.1) is 6.92 Å². The van der Waals surface area contributed by atoms with Gasteiger partial charge in [-0.05, 0) is 48.7 Å². The first-order valence-electron chi connectivity index (χ1n) is 7.12. The highest BCUT2D eigenvalue weighted by Crippen LogP contribution is 2.20. The van der Waals surface area contributed by atoms with Crippen LogP contribution in [0.2, 0.25) is 0 Å². The zero-order valence-corrected chi connectivity index (χ0v) is 12.4. The molecule has 21 heavy (non-hydrogen) atoms. The number of aryl methyl sites for hydroxylation is 2. The Balaban J connectivity index is 2.22. The molecule has 2 rings (SSSR count). The van der Waals surface area contributed by atoms with Gasteiger partial charge in [-0.15, -0.1) is 0 Å². The van der Waals surface area contributed by atoms with Crippen LogP contribution in [-0.4, -0.2) is 5.91 Å². The standard InChI is InChI=1S/C17H21N3O/c1-3-6-13-7-4-5-8-16(13)19-17(21)15-10-9-14(20-18)11-12(15)2/h4-5,7-11,20H,3,6,18H2,1-2H3,(H,19,21). The molecule has 2 aromatic rings. The number of hydrogen-bond donors (Lipinski definition) is 3. The number of hydrazine groups is 1. The summed E-state index contributed by atoms with van der Waals surface area (Å²) in [6.07, 6.45) is 1.99. The average molecular weight is 283 g/mol. The van der Waals surface area contributed by atoms with Gasteiger partial charge in [0.25, 0.3) is 5.91 Å². The van der Waals surface area contributed by atoms with Crippen molar-refractivity contribution in [2.24, 2.45) is 5.84 Å². The maximum atomic E-state index is 12.4. The molecule has 0 fully saturated rings. The van der Waals surface area contributed by atoms with Gasteiger partial charge < -0.3 is 10.7 Å². The Morgan fingerprint density at radius 3 is 2.62 bits per heavy atom. The van der Waals surface area contributed by atoms with Crippen molar-refractivity contribution in [3.63, 3.8) is 0 Å². The lowest BCUT2D eigenvalue weighted by Gasteiger charge is -2.12. The number of amides is 1. The topological polar surface area (TPSA) is 67.2 Å². The van der Waals surface area contributed by atoms with E-state index in [0.717, 1.165) is 35.3 Å². The van der Waals surface area contributed by atoms with Gasteiger partial charge in [-0.2, -0.15) is 0 Å². The van der Waals surface area contributed by atoms with E-state index in [4.69, 9.17) is 5.84 Å². The van der Waals surface area contributed by atoms with Crippen LogP contribution in [0.4, 0.5) is 11.4 Å². The summed E-state index contributed by atoms with van der Waals surface area (Å²) in [6, 6.07) is 13.3. The van der Waals surface area contributed by atoms with Crippen molar-refractivity contribution in [2.75, 3.05) is 10.7 Å². The van der Waals surface area contributed by atoms with Crippen LogP contribution >= 0.6 is 0 Å². The molecule has 110 valence electrons. The van der Waals surface area contributed by atoms with Crippen LogP contribution in [0.25, 0.3) is 0 Å².